The number of ether oxygens (including phenoxy) is 1. The molecule has 2 atom stereocenters. The van der Waals surface area contributed by atoms with Crippen LogP contribution in [-0.2, 0) is 14.3 Å². The molecule has 0 bridgehead atoms. The molecule has 0 aromatic heterocycles. The fourth-order valence-corrected chi connectivity index (χ4v) is 2.73. The second-order valence-corrected chi connectivity index (χ2v) is 5.18. The largest absolute Gasteiger partial charge is 0.444 e. The van der Waals surface area contributed by atoms with Gasteiger partial charge in [0.2, 0.25) is 5.91 Å². The Morgan fingerprint density at radius 3 is 2.86 bits per heavy atom. The van der Waals surface area contributed by atoms with Gasteiger partial charge in [0, 0.05) is 18.7 Å². The van der Waals surface area contributed by atoms with Crippen molar-refractivity contribution in [3.63, 3.8) is 0 Å². The normalized spacial score (nSPS) is 20.6. The van der Waals surface area contributed by atoms with Gasteiger partial charge in [-0.25, -0.2) is 0 Å². The highest BCUT2D eigenvalue weighted by Crippen LogP contribution is 2.26. The van der Waals surface area contributed by atoms with E-state index in [-0.39, 0.29) is 11.9 Å². The fraction of sp³-hybridized carbons (Fsp3) is 0.500. The van der Waals surface area contributed by atoms with Gasteiger partial charge in [0.05, 0.1) is 6.04 Å². The number of hydrogen-bond acceptors (Lipinski definition) is 4. The molecule has 2 unspecified atom stereocenters. The lowest BCUT2D eigenvalue weighted by atomic mass is 10.0. The molecule has 1 amide bonds. The lowest BCUT2D eigenvalue weighted by molar-refractivity contribution is -0.155. The number of rotatable bonds is 7. The Hall–Kier alpha value is -1.88. The van der Waals surface area contributed by atoms with Crippen molar-refractivity contribution in [1.29, 1.82) is 0 Å². The molecule has 21 heavy (non-hydrogen) atoms. The summed E-state index contributed by atoms with van der Waals surface area (Å²) in [6.45, 7) is 3.81. The molecule has 2 rings (SSSR count). The van der Waals surface area contributed by atoms with Crippen molar-refractivity contribution in [2.24, 2.45) is 0 Å². The zero-order valence-corrected chi connectivity index (χ0v) is 12.3. The molecule has 1 aliphatic rings. The van der Waals surface area contributed by atoms with Crippen LogP contribution < -0.4 is 5.32 Å². The third-order valence-corrected chi connectivity index (χ3v) is 3.77. The molecule has 1 heterocycles. The van der Waals surface area contributed by atoms with Crippen molar-refractivity contribution in [1.82, 2.24) is 10.2 Å². The predicted molar refractivity (Wildman–Crippen MR) is 79.4 cm³/mol. The van der Waals surface area contributed by atoms with Crippen molar-refractivity contribution in [3.05, 3.63) is 35.9 Å². The van der Waals surface area contributed by atoms with E-state index in [4.69, 9.17) is 4.74 Å². The van der Waals surface area contributed by atoms with Gasteiger partial charge in [-0.05, 0) is 6.42 Å². The number of nitrogens with zero attached hydrogens (tertiary/aromatic N) is 1. The molecule has 1 fully saturated rings. The van der Waals surface area contributed by atoms with Crippen LogP contribution >= 0.6 is 0 Å². The van der Waals surface area contributed by atoms with Gasteiger partial charge in [-0.15, -0.1) is 0 Å². The lowest BCUT2D eigenvalue weighted by Gasteiger charge is -2.39. The zero-order valence-electron chi connectivity index (χ0n) is 12.3. The van der Waals surface area contributed by atoms with E-state index < -0.39 is 6.23 Å². The van der Waals surface area contributed by atoms with Gasteiger partial charge in [-0.1, -0.05) is 50.1 Å². The molecule has 1 aromatic rings. The molecule has 0 spiro atoms. The summed E-state index contributed by atoms with van der Waals surface area (Å²) in [6.07, 6.45) is 2.27. The Balaban J connectivity index is 2.23. The maximum atomic E-state index is 12.2. The highest BCUT2D eigenvalue weighted by Gasteiger charge is 2.35. The first-order chi connectivity index (χ1) is 10.3. The minimum atomic E-state index is -0.503. The van der Waals surface area contributed by atoms with Gasteiger partial charge in [0.1, 0.15) is 0 Å². The van der Waals surface area contributed by atoms with Gasteiger partial charge in [0.15, 0.2) is 6.23 Å². The number of carbonyl (C=O) groups is 2. The van der Waals surface area contributed by atoms with Crippen LogP contribution in [0, 0.1) is 0 Å². The van der Waals surface area contributed by atoms with E-state index in [1.165, 1.54) is 0 Å². The van der Waals surface area contributed by atoms with Crippen molar-refractivity contribution >= 4 is 12.4 Å². The number of amides is 1. The van der Waals surface area contributed by atoms with E-state index in [2.05, 4.69) is 12.2 Å². The summed E-state index contributed by atoms with van der Waals surface area (Å²) in [5.41, 5.74) is 0.890. The van der Waals surface area contributed by atoms with Crippen molar-refractivity contribution in [2.45, 2.75) is 38.5 Å². The highest BCUT2D eigenvalue weighted by atomic mass is 16.5. The Bertz CT molecular complexity index is 464. The molecule has 1 saturated heterocycles. The van der Waals surface area contributed by atoms with Crippen molar-refractivity contribution in [3.8, 4) is 0 Å². The molecule has 1 aliphatic heterocycles. The minimum Gasteiger partial charge on any atom is -0.444 e. The molecule has 0 aliphatic carbocycles. The van der Waals surface area contributed by atoms with Crippen LogP contribution in [0.3, 0.4) is 0 Å². The quantitative estimate of drug-likeness (QED) is 0.779. The number of unbranched alkanes of at least 4 members (excludes halogenated alkanes) is 1. The minimum absolute atomic E-state index is 0.0186. The van der Waals surface area contributed by atoms with E-state index in [0.717, 1.165) is 24.8 Å². The summed E-state index contributed by atoms with van der Waals surface area (Å²) in [4.78, 5) is 25.0. The monoisotopic (exact) mass is 290 g/mol. The maximum Gasteiger partial charge on any atom is 0.294 e. The molecular weight excluding hydrogens is 268 g/mol. The molecule has 5 nitrogen and oxygen atoms in total. The SMILES string of the molecule is CCCCC1C(=O)NCCN1C(OC=O)c1ccccc1. The van der Waals surface area contributed by atoms with E-state index in [1.54, 1.807) is 0 Å². The second kappa shape index (κ2) is 7.78. The molecule has 0 radical (unpaired) electrons. The Labute approximate surface area is 125 Å². The summed E-state index contributed by atoms with van der Waals surface area (Å²) in [7, 11) is 0. The summed E-state index contributed by atoms with van der Waals surface area (Å²) in [5.74, 6) is 0.0186. The Morgan fingerprint density at radius 1 is 1.43 bits per heavy atom. The second-order valence-electron chi connectivity index (χ2n) is 5.18. The lowest BCUT2D eigenvalue weighted by Crippen LogP contribution is -2.56. The van der Waals surface area contributed by atoms with Gasteiger partial charge in [-0.2, -0.15) is 0 Å². The molecule has 0 saturated carbocycles. The van der Waals surface area contributed by atoms with Gasteiger partial charge < -0.3 is 10.1 Å². The van der Waals surface area contributed by atoms with Crippen LogP contribution in [0.1, 0.15) is 38.0 Å². The predicted octanol–water partition coefficient (Wildman–Crippen LogP) is 1.85. The first-order valence-electron chi connectivity index (χ1n) is 7.45. The third kappa shape index (κ3) is 3.82. The molecular formula is C16H22N2O3. The number of carbonyl (C=O) groups excluding carboxylic acids is 2. The van der Waals surface area contributed by atoms with E-state index >= 15 is 0 Å². The van der Waals surface area contributed by atoms with Crippen LogP contribution in [0.25, 0.3) is 0 Å². The number of benzene rings is 1. The average Bonchev–Trinajstić information content (AvgIpc) is 2.52. The van der Waals surface area contributed by atoms with Crippen molar-refractivity contribution in [2.75, 3.05) is 13.1 Å². The van der Waals surface area contributed by atoms with E-state index in [0.29, 0.717) is 19.6 Å². The number of hydrogen-bond donors (Lipinski definition) is 1. The topological polar surface area (TPSA) is 58.6 Å². The van der Waals surface area contributed by atoms with Gasteiger partial charge in [0.25, 0.3) is 6.47 Å². The standard InChI is InChI=1S/C16H22N2O3/c1-2-3-9-14-15(20)17-10-11-18(14)16(21-12-19)13-7-5-4-6-8-13/h4-8,12,14,16H,2-3,9-11H2,1H3,(H,17,20). The first kappa shape index (κ1) is 15.5. The molecule has 5 heteroatoms. The summed E-state index contributed by atoms with van der Waals surface area (Å²) >= 11 is 0. The van der Waals surface area contributed by atoms with E-state index in [1.807, 2.05) is 35.2 Å². The van der Waals surface area contributed by atoms with Gasteiger partial charge in [-0.3, -0.25) is 14.5 Å². The highest BCUT2D eigenvalue weighted by molar-refractivity contribution is 5.82. The van der Waals surface area contributed by atoms with Crippen LogP contribution in [0.4, 0.5) is 0 Å². The van der Waals surface area contributed by atoms with Crippen molar-refractivity contribution < 1.29 is 14.3 Å². The van der Waals surface area contributed by atoms with Crippen LogP contribution in [-0.4, -0.2) is 36.4 Å². The summed E-state index contributed by atoms with van der Waals surface area (Å²) in [5, 5.41) is 2.89. The third-order valence-electron chi connectivity index (χ3n) is 3.77. The van der Waals surface area contributed by atoms with E-state index in [9.17, 15) is 9.59 Å². The number of nitrogens with one attached hydrogen (secondary N) is 1. The van der Waals surface area contributed by atoms with Crippen LogP contribution in [0.5, 0.6) is 0 Å². The fourth-order valence-electron chi connectivity index (χ4n) is 2.73. The first-order valence-corrected chi connectivity index (χ1v) is 7.45. The smallest absolute Gasteiger partial charge is 0.294 e. The molecule has 1 N–H and O–H groups in total. The molecule has 1 aromatic carbocycles. The summed E-state index contributed by atoms with van der Waals surface area (Å²) < 4.78 is 5.29. The zero-order chi connectivity index (χ0) is 15.1. The Morgan fingerprint density at radius 2 is 2.19 bits per heavy atom. The summed E-state index contributed by atoms with van der Waals surface area (Å²) in [6, 6.07) is 9.31. The number of piperazine rings is 1. The van der Waals surface area contributed by atoms with Gasteiger partial charge >= 0.3 is 0 Å². The van der Waals surface area contributed by atoms with Crippen LogP contribution in [0.2, 0.25) is 0 Å². The molecule has 114 valence electrons. The average molecular weight is 290 g/mol. The maximum absolute atomic E-state index is 12.2. The van der Waals surface area contributed by atoms with Crippen LogP contribution in [0.15, 0.2) is 30.3 Å². The Kier molecular flexibility index (Phi) is 5.75.